The maximum absolute atomic E-state index is 13.0. The van der Waals surface area contributed by atoms with E-state index in [0.717, 1.165) is 0 Å². The lowest BCUT2D eigenvalue weighted by atomic mass is 10.0. The standard InChI is InChI=1S/C23H19N3O3S/c1-13-17(20(27)14-8-10-16(29-2)11-9-14)12-18-19(24)21(30-23(18)25-13)22(28)26-15-6-4-3-5-7-15/h3-12H,24H2,1-2H3,(H,26,28). The van der Waals surface area contributed by atoms with Gasteiger partial charge in [-0.3, -0.25) is 9.59 Å². The Balaban J connectivity index is 1.70. The number of nitrogens with zero attached hydrogens (tertiary/aromatic N) is 1. The van der Waals surface area contributed by atoms with Crippen LogP contribution in [0.2, 0.25) is 0 Å². The van der Waals surface area contributed by atoms with Gasteiger partial charge < -0.3 is 15.8 Å². The number of aromatic nitrogens is 1. The molecule has 3 N–H and O–H groups in total. The van der Waals surface area contributed by atoms with E-state index >= 15 is 0 Å². The smallest absolute Gasteiger partial charge is 0.267 e. The second kappa shape index (κ2) is 7.96. The van der Waals surface area contributed by atoms with E-state index < -0.39 is 0 Å². The number of ketones is 1. The number of amides is 1. The van der Waals surface area contributed by atoms with Gasteiger partial charge in [-0.25, -0.2) is 4.98 Å². The van der Waals surface area contributed by atoms with Gasteiger partial charge in [-0.05, 0) is 49.4 Å². The normalized spacial score (nSPS) is 10.7. The van der Waals surface area contributed by atoms with Crippen LogP contribution in [-0.2, 0) is 0 Å². The summed E-state index contributed by atoms with van der Waals surface area (Å²) in [6.45, 7) is 1.77. The third-order valence-electron chi connectivity index (χ3n) is 4.75. The molecule has 0 saturated carbocycles. The largest absolute Gasteiger partial charge is 0.497 e. The Morgan fingerprint density at radius 1 is 1.07 bits per heavy atom. The highest BCUT2D eigenvalue weighted by Gasteiger charge is 2.21. The van der Waals surface area contributed by atoms with Gasteiger partial charge in [0, 0.05) is 22.2 Å². The van der Waals surface area contributed by atoms with Crippen molar-refractivity contribution in [2.24, 2.45) is 0 Å². The molecule has 0 aliphatic rings. The lowest BCUT2D eigenvalue weighted by molar-refractivity contribution is 0.102. The number of methoxy groups -OCH3 is 1. The second-order valence-corrected chi connectivity index (χ2v) is 7.70. The van der Waals surface area contributed by atoms with Crippen molar-refractivity contribution in [3.05, 3.63) is 82.4 Å². The van der Waals surface area contributed by atoms with Crippen molar-refractivity contribution >= 4 is 44.6 Å². The average Bonchev–Trinajstić information content (AvgIpc) is 3.09. The van der Waals surface area contributed by atoms with Gasteiger partial charge in [-0.2, -0.15) is 0 Å². The number of fused-ring (bicyclic) bond motifs is 1. The monoisotopic (exact) mass is 417 g/mol. The number of rotatable bonds is 5. The summed E-state index contributed by atoms with van der Waals surface area (Å²) in [4.78, 5) is 31.2. The summed E-state index contributed by atoms with van der Waals surface area (Å²) in [6, 6.07) is 17.8. The summed E-state index contributed by atoms with van der Waals surface area (Å²) in [5.74, 6) is 0.209. The highest BCUT2D eigenvalue weighted by molar-refractivity contribution is 7.21. The summed E-state index contributed by atoms with van der Waals surface area (Å²) in [5, 5.41) is 3.43. The number of anilines is 2. The molecule has 4 aromatic rings. The van der Waals surface area contributed by atoms with Gasteiger partial charge in [0.25, 0.3) is 5.91 Å². The Bertz CT molecular complexity index is 1250. The van der Waals surface area contributed by atoms with E-state index in [4.69, 9.17) is 10.5 Å². The van der Waals surface area contributed by atoms with Crippen LogP contribution in [0.25, 0.3) is 10.2 Å². The minimum Gasteiger partial charge on any atom is -0.497 e. The molecule has 0 aliphatic carbocycles. The maximum atomic E-state index is 13.0. The fraction of sp³-hybridized carbons (Fsp3) is 0.0870. The first-order valence-electron chi connectivity index (χ1n) is 9.22. The predicted molar refractivity (Wildman–Crippen MR) is 120 cm³/mol. The molecule has 0 spiro atoms. The Morgan fingerprint density at radius 2 is 1.77 bits per heavy atom. The van der Waals surface area contributed by atoms with Gasteiger partial charge in [-0.15, -0.1) is 11.3 Å². The van der Waals surface area contributed by atoms with E-state index in [1.54, 1.807) is 56.5 Å². The van der Waals surface area contributed by atoms with Crippen LogP contribution >= 0.6 is 11.3 Å². The van der Waals surface area contributed by atoms with Gasteiger partial charge in [0.05, 0.1) is 18.5 Å². The average molecular weight is 417 g/mol. The third-order valence-corrected chi connectivity index (χ3v) is 5.86. The molecular weight excluding hydrogens is 398 g/mol. The summed E-state index contributed by atoms with van der Waals surface area (Å²) >= 11 is 1.21. The number of nitrogens with one attached hydrogen (secondary N) is 1. The molecule has 0 atom stereocenters. The predicted octanol–water partition coefficient (Wildman–Crippen LogP) is 4.68. The first-order chi connectivity index (χ1) is 14.5. The number of hydrogen-bond acceptors (Lipinski definition) is 6. The van der Waals surface area contributed by atoms with Crippen LogP contribution in [0.1, 0.15) is 31.3 Å². The molecule has 0 unspecified atom stereocenters. The molecule has 2 aromatic carbocycles. The van der Waals surface area contributed by atoms with E-state index in [9.17, 15) is 9.59 Å². The first kappa shape index (κ1) is 19.6. The molecule has 1 amide bonds. The van der Waals surface area contributed by atoms with Crippen LogP contribution in [0, 0.1) is 6.92 Å². The van der Waals surface area contributed by atoms with Crippen LogP contribution in [0.5, 0.6) is 5.75 Å². The number of hydrogen-bond donors (Lipinski definition) is 2. The number of para-hydroxylation sites is 1. The maximum Gasteiger partial charge on any atom is 0.267 e. The molecule has 150 valence electrons. The van der Waals surface area contributed by atoms with Crippen molar-refractivity contribution in [1.82, 2.24) is 4.98 Å². The van der Waals surface area contributed by atoms with E-state index in [1.165, 1.54) is 11.3 Å². The Kier molecular flexibility index (Phi) is 5.20. The van der Waals surface area contributed by atoms with Gasteiger partial charge in [0.1, 0.15) is 15.5 Å². The molecule has 0 bridgehead atoms. The summed E-state index contributed by atoms with van der Waals surface area (Å²) in [7, 11) is 1.57. The quantitative estimate of drug-likeness (QED) is 0.460. The number of nitrogens with two attached hydrogens (primary N) is 1. The Morgan fingerprint density at radius 3 is 2.43 bits per heavy atom. The van der Waals surface area contributed by atoms with Crippen molar-refractivity contribution in [2.75, 3.05) is 18.2 Å². The lowest BCUT2D eigenvalue weighted by Gasteiger charge is -2.06. The third kappa shape index (κ3) is 3.62. The zero-order chi connectivity index (χ0) is 21.3. The number of pyridine rings is 1. The van der Waals surface area contributed by atoms with Crippen LogP contribution in [0.4, 0.5) is 11.4 Å². The number of benzene rings is 2. The fourth-order valence-electron chi connectivity index (χ4n) is 3.13. The number of thiophene rings is 1. The van der Waals surface area contributed by atoms with Crippen molar-refractivity contribution in [1.29, 1.82) is 0 Å². The van der Waals surface area contributed by atoms with Crippen LogP contribution in [0.3, 0.4) is 0 Å². The summed E-state index contributed by atoms with van der Waals surface area (Å²) in [6.07, 6.45) is 0. The molecule has 0 radical (unpaired) electrons. The van der Waals surface area contributed by atoms with Gasteiger partial charge >= 0.3 is 0 Å². The van der Waals surface area contributed by atoms with Crippen LogP contribution < -0.4 is 15.8 Å². The van der Waals surface area contributed by atoms with E-state index in [1.807, 2.05) is 18.2 Å². The van der Waals surface area contributed by atoms with Gasteiger partial charge in [-0.1, -0.05) is 18.2 Å². The van der Waals surface area contributed by atoms with E-state index in [2.05, 4.69) is 10.3 Å². The zero-order valence-electron chi connectivity index (χ0n) is 16.4. The molecule has 2 heterocycles. The molecule has 4 rings (SSSR count). The number of ether oxygens (including phenoxy) is 1. The topological polar surface area (TPSA) is 94.3 Å². The lowest BCUT2D eigenvalue weighted by Crippen LogP contribution is -2.11. The summed E-state index contributed by atoms with van der Waals surface area (Å²) in [5.41, 5.74) is 8.83. The van der Waals surface area contributed by atoms with Crippen molar-refractivity contribution < 1.29 is 14.3 Å². The molecule has 0 fully saturated rings. The van der Waals surface area contributed by atoms with E-state index in [-0.39, 0.29) is 11.7 Å². The van der Waals surface area contributed by atoms with Crippen LogP contribution in [-0.4, -0.2) is 23.8 Å². The molecule has 30 heavy (non-hydrogen) atoms. The molecule has 6 nitrogen and oxygen atoms in total. The molecular formula is C23H19N3O3S. The Hall–Kier alpha value is -3.71. The fourth-order valence-corrected chi connectivity index (χ4v) is 4.15. The van der Waals surface area contributed by atoms with E-state index in [0.29, 0.717) is 49.0 Å². The second-order valence-electron chi connectivity index (χ2n) is 6.70. The number of aryl methyl sites for hydroxylation is 1. The highest BCUT2D eigenvalue weighted by atomic mass is 32.1. The van der Waals surface area contributed by atoms with Gasteiger partial charge in [0.15, 0.2) is 5.78 Å². The minimum absolute atomic E-state index is 0.162. The van der Waals surface area contributed by atoms with Gasteiger partial charge in [0.2, 0.25) is 0 Å². The molecule has 0 aliphatic heterocycles. The van der Waals surface area contributed by atoms with Crippen molar-refractivity contribution in [2.45, 2.75) is 6.92 Å². The van der Waals surface area contributed by atoms with Crippen molar-refractivity contribution in [3.8, 4) is 5.75 Å². The number of carbonyl (C=O) groups excluding carboxylic acids is 2. The number of carbonyl (C=O) groups is 2. The number of nitrogen functional groups attached to an aromatic ring is 1. The molecule has 0 saturated heterocycles. The minimum atomic E-state index is -0.303. The van der Waals surface area contributed by atoms with Crippen molar-refractivity contribution in [3.63, 3.8) is 0 Å². The molecule has 7 heteroatoms. The SMILES string of the molecule is COc1ccc(C(=O)c2cc3c(N)c(C(=O)Nc4ccccc4)sc3nc2C)cc1. The zero-order valence-corrected chi connectivity index (χ0v) is 17.2. The molecule has 2 aromatic heterocycles. The Labute approximate surface area is 177 Å². The first-order valence-corrected chi connectivity index (χ1v) is 10.0. The summed E-state index contributed by atoms with van der Waals surface area (Å²) < 4.78 is 5.14. The highest BCUT2D eigenvalue weighted by Crippen LogP contribution is 2.34. The van der Waals surface area contributed by atoms with Crippen LogP contribution in [0.15, 0.2) is 60.7 Å².